The second kappa shape index (κ2) is 13.0. The van der Waals surface area contributed by atoms with Gasteiger partial charge >= 0.3 is 0 Å². The minimum atomic E-state index is -0.923. The van der Waals surface area contributed by atoms with E-state index in [9.17, 15) is 9.90 Å². The number of rotatable bonds is 14. The highest BCUT2D eigenvalue weighted by atomic mass is 16.5. The van der Waals surface area contributed by atoms with Crippen LogP contribution in [0.25, 0.3) is 0 Å². The lowest BCUT2D eigenvalue weighted by Crippen LogP contribution is -2.51. The van der Waals surface area contributed by atoms with E-state index in [-0.39, 0.29) is 5.91 Å². The number of ether oxygens (including phenoxy) is 4. The van der Waals surface area contributed by atoms with Crippen molar-refractivity contribution in [3.8, 4) is 11.5 Å². The first-order chi connectivity index (χ1) is 15.2. The van der Waals surface area contributed by atoms with Crippen LogP contribution in [0.4, 0.5) is 0 Å². The molecule has 2 rings (SSSR count). The number of phenolic OH excluding ortho intramolecular Hbond substituents is 1. The van der Waals surface area contributed by atoms with Gasteiger partial charge in [0.1, 0.15) is 11.5 Å². The summed E-state index contributed by atoms with van der Waals surface area (Å²) >= 11 is 0. The van der Waals surface area contributed by atoms with Crippen molar-refractivity contribution in [3.05, 3.63) is 22.8 Å². The SMILES string of the molecule is Cc1cc2c(c(C)c1O)CCC(C)(C(=O)NCCOCCCOCCOCCC(C)C)O2. The Kier molecular flexibility index (Phi) is 10.7. The van der Waals surface area contributed by atoms with E-state index < -0.39 is 5.60 Å². The van der Waals surface area contributed by atoms with Crippen LogP contribution in [-0.2, 0) is 25.4 Å². The molecule has 0 fully saturated rings. The van der Waals surface area contributed by atoms with Crippen molar-refractivity contribution >= 4 is 5.91 Å². The first kappa shape index (κ1) is 26.4. The molecule has 32 heavy (non-hydrogen) atoms. The molecule has 1 aromatic rings. The number of nitrogens with one attached hydrogen (secondary N) is 1. The lowest BCUT2D eigenvalue weighted by molar-refractivity contribution is -0.137. The van der Waals surface area contributed by atoms with Crippen molar-refractivity contribution in [3.63, 3.8) is 0 Å². The highest BCUT2D eigenvalue weighted by molar-refractivity contribution is 5.85. The lowest BCUT2D eigenvalue weighted by Gasteiger charge is -2.35. The molecule has 0 spiro atoms. The Bertz CT molecular complexity index is 736. The summed E-state index contributed by atoms with van der Waals surface area (Å²) in [5.74, 6) is 1.51. The molecular weight excluding hydrogens is 410 g/mol. The summed E-state index contributed by atoms with van der Waals surface area (Å²) in [5, 5.41) is 13.1. The zero-order valence-electron chi connectivity index (χ0n) is 20.4. The third kappa shape index (κ3) is 7.94. The molecule has 0 aromatic heterocycles. The summed E-state index contributed by atoms with van der Waals surface area (Å²) in [5.41, 5.74) is 1.64. The molecular formula is C25H41NO6. The van der Waals surface area contributed by atoms with Crippen molar-refractivity contribution in [1.82, 2.24) is 5.32 Å². The van der Waals surface area contributed by atoms with Crippen LogP contribution in [0.15, 0.2) is 6.07 Å². The van der Waals surface area contributed by atoms with Gasteiger partial charge in [-0.25, -0.2) is 0 Å². The monoisotopic (exact) mass is 451 g/mol. The maximum atomic E-state index is 12.7. The van der Waals surface area contributed by atoms with E-state index >= 15 is 0 Å². The number of amides is 1. The Morgan fingerprint density at radius 1 is 1.12 bits per heavy atom. The Hall–Kier alpha value is -1.83. The topological polar surface area (TPSA) is 86.3 Å². The van der Waals surface area contributed by atoms with Crippen LogP contribution >= 0.6 is 0 Å². The van der Waals surface area contributed by atoms with Crippen LogP contribution in [0.2, 0.25) is 0 Å². The predicted octanol–water partition coefficient (Wildman–Crippen LogP) is 3.69. The molecule has 1 unspecified atom stereocenters. The van der Waals surface area contributed by atoms with Gasteiger partial charge in [-0.1, -0.05) is 13.8 Å². The Morgan fingerprint density at radius 3 is 2.47 bits per heavy atom. The Balaban J connectivity index is 1.56. The molecule has 1 aliphatic heterocycles. The number of phenols is 1. The number of aryl methyl sites for hydroxylation is 1. The van der Waals surface area contributed by atoms with Crippen molar-refractivity contribution in [2.75, 3.05) is 46.2 Å². The largest absolute Gasteiger partial charge is 0.507 e. The molecule has 1 aliphatic rings. The molecule has 0 bridgehead atoms. The van der Waals surface area contributed by atoms with Crippen LogP contribution < -0.4 is 10.1 Å². The molecule has 1 atom stereocenters. The number of hydrogen-bond acceptors (Lipinski definition) is 6. The van der Waals surface area contributed by atoms with Gasteiger partial charge in [0.25, 0.3) is 5.91 Å². The molecule has 0 saturated heterocycles. The van der Waals surface area contributed by atoms with Crippen LogP contribution in [-0.4, -0.2) is 62.8 Å². The van der Waals surface area contributed by atoms with Gasteiger partial charge in [-0.05, 0) is 63.1 Å². The van der Waals surface area contributed by atoms with Crippen molar-refractivity contribution < 1.29 is 28.8 Å². The van der Waals surface area contributed by atoms with E-state index in [0.717, 1.165) is 36.1 Å². The molecule has 1 aromatic carbocycles. The van der Waals surface area contributed by atoms with E-state index in [1.807, 2.05) is 26.8 Å². The molecule has 0 saturated carbocycles. The fraction of sp³-hybridized carbons (Fsp3) is 0.720. The number of carbonyl (C=O) groups excluding carboxylic acids is 1. The van der Waals surface area contributed by atoms with Crippen molar-refractivity contribution in [2.24, 2.45) is 5.92 Å². The fourth-order valence-electron chi connectivity index (χ4n) is 3.62. The maximum absolute atomic E-state index is 12.7. The summed E-state index contributed by atoms with van der Waals surface area (Å²) in [6.07, 6.45) is 3.14. The molecule has 0 aliphatic carbocycles. The zero-order chi connectivity index (χ0) is 23.6. The van der Waals surface area contributed by atoms with E-state index in [2.05, 4.69) is 19.2 Å². The van der Waals surface area contributed by atoms with Crippen LogP contribution in [0.1, 0.15) is 56.7 Å². The number of benzene rings is 1. The molecule has 7 nitrogen and oxygen atoms in total. The molecule has 182 valence electrons. The normalized spacial score (nSPS) is 17.8. The molecule has 1 heterocycles. The third-order valence-electron chi connectivity index (χ3n) is 5.81. The van der Waals surface area contributed by atoms with Crippen molar-refractivity contribution in [2.45, 2.75) is 65.9 Å². The van der Waals surface area contributed by atoms with Gasteiger partial charge in [-0.15, -0.1) is 0 Å². The predicted molar refractivity (Wildman–Crippen MR) is 124 cm³/mol. The van der Waals surface area contributed by atoms with E-state index in [4.69, 9.17) is 18.9 Å². The Labute approximate surface area is 192 Å². The van der Waals surface area contributed by atoms with Crippen LogP contribution in [0, 0.1) is 19.8 Å². The number of fused-ring (bicyclic) bond motifs is 1. The number of aromatic hydroxyl groups is 1. The van der Waals surface area contributed by atoms with Gasteiger partial charge < -0.3 is 29.4 Å². The second-order valence-corrected chi connectivity index (χ2v) is 9.11. The second-order valence-electron chi connectivity index (χ2n) is 9.11. The van der Waals surface area contributed by atoms with E-state index in [0.29, 0.717) is 69.8 Å². The zero-order valence-corrected chi connectivity index (χ0v) is 20.4. The summed E-state index contributed by atoms with van der Waals surface area (Å²) in [4.78, 5) is 12.7. The smallest absolute Gasteiger partial charge is 0.263 e. The van der Waals surface area contributed by atoms with Crippen LogP contribution in [0.5, 0.6) is 11.5 Å². The average Bonchev–Trinajstić information content (AvgIpc) is 2.74. The van der Waals surface area contributed by atoms with Gasteiger partial charge in [-0.2, -0.15) is 0 Å². The minimum absolute atomic E-state index is 0.143. The maximum Gasteiger partial charge on any atom is 0.263 e. The standard InChI is InChI=1S/C25H41NO6/c1-18(2)8-13-31-16-15-30-12-6-11-29-14-10-26-24(28)25(5)9-7-21-20(4)23(27)19(3)17-22(21)32-25/h17-18,27H,6-16H2,1-5H3,(H,26,28). The Morgan fingerprint density at radius 2 is 1.78 bits per heavy atom. The molecule has 1 amide bonds. The lowest BCUT2D eigenvalue weighted by atomic mass is 9.88. The number of hydrogen-bond donors (Lipinski definition) is 2. The van der Waals surface area contributed by atoms with E-state index in [1.165, 1.54) is 0 Å². The summed E-state index contributed by atoms with van der Waals surface area (Å²) < 4.78 is 22.7. The highest BCUT2D eigenvalue weighted by Gasteiger charge is 2.39. The summed E-state index contributed by atoms with van der Waals surface area (Å²) in [7, 11) is 0. The van der Waals surface area contributed by atoms with Gasteiger partial charge in [0.15, 0.2) is 5.60 Å². The minimum Gasteiger partial charge on any atom is -0.507 e. The van der Waals surface area contributed by atoms with E-state index in [1.54, 1.807) is 0 Å². The summed E-state index contributed by atoms with van der Waals surface area (Å²) in [6, 6.07) is 1.81. The first-order valence-corrected chi connectivity index (χ1v) is 11.8. The third-order valence-corrected chi connectivity index (χ3v) is 5.81. The average molecular weight is 452 g/mol. The van der Waals surface area contributed by atoms with Gasteiger partial charge in [-0.3, -0.25) is 4.79 Å². The molecule has 7 heteroatoms. The molecule has 2 N–H and O–H groups in total. The highest BCUT2D eigenvalue weighted by Crippen LogP contribution is 2.40. The summed E-state index contributed by atoms with van der Waals surface area (Å²) in [6.45, 7) is 14.0. The van der Waals surface area contributed by atoms with Gasteiger partial charge in [0.05, 0.1) is 19.8 Å². The van der Waals surface area contributed by atoms with Crippen LogP contribution in [0.3, 0.4) is 0 Å². The first-order valence-electron chi connectivity index (χ1n) is 11.8. The van der Waals surface area contributed by atoms with Gasteiger partial charge in [0.2, 0.25) is 0 Å². The quantitative estimate of drug-likeness (QED) is 0.420. The fourth-order valence-corrected chi connectivity index (χ4v) is 3.62. The molecule has 0 radical (unpaired) electrons. The van der Waals surface area contributed by atoms with Crippen molar-refractivity contribution in [1.29, 1.82) is 0 Å². The van der Waals surface area contributed by atoms with Gasteiger partial charge in [0, 0.05) is 38.3 Å². The number of carbonyl (C=O) groups is 1.